The van der Waals surface area contributed by atoms with Crippen LogP contribution in [0.3, 0.4) is 0 Å². The van der Waals surface area contributed by atoms with Gasteiger partial charge < -0.3 is 15.4 Å². The summed E-state index contributed by atoms with van der Waals surface area (Å²) in [5, 5.41) is 5.48. The molecule has 0 heterocycles. The zero-order valence-electron chi connectivity index (χ0n) is 12.2. The van der Waals surface area contributed by atoms with Crippen molar-refractivity contribution < 1.29 is 14.3 Å². The smallest absolute Gasteiger partial charge is 0.407 e. The van der Waals surface area contributed by atoms with Crippen molar-refractivity contribution in [3.63, 3.8) is 0 Å². The van der Waals surface area contributed by atoms with Crippen molar-refractivity contribution in [2.75, 3.05) is 13.2 Å². The Morgan fingerprint density at radius 3 is 2.45 bits per heavy atom. The Hall–Kier alpha value is -2.04. The van der Waals surface area contributed by atoms with E-state index in [0.29, 0.717) is 6.61 Å². The fourth-order valence-corrected chi connectivity index (χ4v) is 1.69. The van der Waals surface area contributed by atoms with E-state index in [0.717, 1.165) is 5.56 Å². The summed E-state index contributed by atoms with van der Waals surface area (Å²) in [5.41, 5.74) is 1.05. The number of alkyl carbamates (subject to hydrolysis) is 1. The van der Waals surface area contributed by atoms with E-state index in [1.165, 1.54) is 0 Å². The number of benzene rings is 1. The van der Waals surface area contributed by atoms with Crippen LogP contribution >= 0.6 is 0 Å². The lowest BCUT2D eigenvalue weighted by Gasteiger charge is -2.18. The molecule has 0 aliphatic carbocycles. The second-order valence-corrected chi connectivity index (χ2v) is 4.64. The SMILES string of the molecule is CCOC(=O)NCC(C)C(=O)N[C@@H](C)c1ccccc1. The highest BCUT2D eigenvalue weighted by molar-refractivity contribution is 5.79. The van der Waals surface area contributed by atoms with Crippen molar-refractivity contribution in [1.82, 2.24) is 10.6 Å². The van der Waals surface area contributed by atoms with E-state index < -0.39 is 6.09 Å². The minimum Gasteiger partial charge on any atom is -0.450 e. The highest BCUT2D eigenvalue weighted by atomic mass is 16.5. The van der Waals surface area contributed by atoms with Gasteiger partial charge in [-0.15, -0.1) is 0 Å². The van der Waals surface area contributed by atoms with Gasteiger partial charge in [0.05, 0.1) is 18.6 Å². The number of carbonyl (C=O) groups excluding carboxylic acids is 2. The number of amides is 2. The van der Waals surface area contributed by atoms with Gasteiger partial charge in [0.15, 0.2) is 0 Å². The first-order valence-electron chi connectivity index (χ1n) is 6.80. The molecule has 20 heavy (non-hydrogen) atoms. The summed E-state index contributed by atoms with van der Waals surface area (Å²) in [5.74, 6) is -0.413. The lowest BCUT2D eigenvalue weighted by Crippen LogP contribution is -2.38. The van der Waals surface area contributed by atoms with Crippen LogP contribution in [-0.4, -0.2) is 25.2 Å². The Labute approximate surface area is 119 Å². The summed E-state index contributed by atoms with van der Waals surface area (Å²) in [7, 11) is 0. The number of hydrogen-bond acceptors (Lipinski definition) is 3. The summed E-state index contributed by atoms with van der Waals surface area (Å²) < 4.78 is 4.74. The molecule has 5 heteroatoms. The topological polar surface area (TPSA) is 67.4 Å². The molecule has 0 bridgehead atoms. The summed E-state index contributed by atoms with van der Waals surface area (Å²) >= 11 is 0. The molecule has 2 amide bonds. The minimum absolute atomic E-state index is 0.0613. The fraction of sp³-hybridized carbons (Fsp3) is 0.467. The number of ether oxygens (including phenoxy) is 1. The molecule has 0 radical (unpaired) electrons. The third-order valence-corrected chi connectivity index (χ3v) is 2.93. The van der Waals surface area contributed by atoms with Gasteiger partial charge in [-0.1, -0.05) is 37.3 Å². The second-order valence-electron chi connectivity index (χ2n) is 4.64. The zero-order chi connectivity index (χ0) is 15.0. The lowest BCUT2D eigenvalue weighted by atomic mass is 10.1. The van der Waals surface area contributed by atoms with Gasteiger partial charge in [0, 0.05) is 6.54 Å². The minimum atomic E-state index is -0.497. The molecule has 1 unspecified atom stereocenters. The number of nitrogens with one attached hydrogen (secondary N) is 2. The van der Waals surface area contributed by atoms with Crippen molar-refractivity contribution in [3.8, 4) is 0 Å². The molecule has 2 atom stereocenters. The second kappa shape index (κ2) is 8.19. The van der Waals surface area contributed by atoms with Crippen molar-refractivity contribution in [3.05, 3.63) is 35.9 Å². The van der Waals surface area contributed by atoms with Crippen LogP contribution in [0.25, 0.3) is 0 Å². The first-order chi connectivity index (χ1) is 9.54. The maximum absolute atomic E-state index is 12.0. The van der Waals surface area contributed by atoms with E-state index in [2.05, 4.69) is 10.6 Å². The Kier molecular flexibility index (Phi) is 6.56. The van der Waals surface area contributed by atoms with E-state index in [-0.39, 0.29) is 24.4 Å². The number of hydrogen-bond donors (Lipinski definition) is 2. The Bertz CT molecular complexity index is 434. The predicted octanol–water partition coefficient (Wildman–Crippen LogP) is 2.25. The van der Waals surface area contributed by atoms with Crippen molar-refractivity contribution in [1.29, 1.82) is 0 Å². The molecule has 0 spiro atoms. The van der Waals surface area contributed by atoms with Gasteiger partial charge in [-0.25, -0.2) is 4.79 Å². The van der Waals surface area contributed by atoms with Crippen molar-refractivity contribution in [2.45, 2.75) is 26.8 Å². The Balaban J connectivity index is 2.40. The zero-order valence-corrected chi connectivity index (χ0v) is 12.2. The quantitative estimate of drug-likeness (QED) is 0.838. The normalized spacial score (nSPS) is 13.2. The lowest BCUT2D eigenvalue weighted by molar-refractivity contribution is -0.125. The molecular formula is C15H22N2O3. The third-order valence-electron chi connectivity index (χ3n) is 2.93. The van der Waals surface area contributed by atoms with Crippen LogP contribution in [0.1, 0.15) is 32.4 Å². The van der Waals surface area contributed by atoms with Crippen molar-refractivity contribution in [2.24, 2.45) is 5.92 Å². The molecule has 0 saturated heterocycles. The molecular weight excluding hydrogens is 256 g/mol. The summed E-state index contributed by atoms with van der Waals surface area (Å²) in [6.07, 6.45) is -0.497. The molecule has 0 saturated carbocycles. The first kappa shape index (κ1) is 16.0. The largest absolute Gasteiger partial charge is 0.450 e. The van der Waals surface area contributed by atoms with E-state index in [4.69, 9.17) is 4.74 Å². The maximum atomic E-state index is 12.0. The maximum Gasteiger partial charge on any atom is 0.407 e. The average molecular weight is 278 g/mol. The van der Waals surface area contributed by atoms with Gasteiger partial charge >= 0.3 is 6.09 Å². The summed E-state index contributed by atoms with van der Waals surface area (Å²) in [6, 6.07) is 9.67. The highest BCUT2D eigenvalue weighted by Crippen LogP contribution is 2.11. The number of rotatable bonds is 6. The summed E-state index contributed by atoms with van der Waals surface area (Å²) in [4.78, 5) is 23.1. The van der Waals surface area contributed by atoms with Gasteiger partial charge in [-0.2, -0.15) is 0 Å². The fourth-order valence-electron chi connectivity index (χ4n) is 1.69. The van der Waals surface area contributed by atoms with E-state index in [1.807, 2.05) is 37.3 Å². The number of carbonyl (C=O) groups is 2. The van der Waals surface area contributed by atoms with Crippen LogP contribution in [0.15, 0.2) is 30.3 Å². The Morgan fingerprint density at radius 2 is 1.85 bits per heavy atom. The Morgan fingerprint density at radius 1 is 1.20 bits per heavy atom. The van der Waals surface area contributed by atoms with Crippen LogP contribution in [0, 0.1) is 5.92 Å². The van der Waals surface area contributed by atoms with Crippen LogP contribution in [0.5, 0.6) is 0 Å². The monoisotopic (exact) mass is 278 g/mol. The summed E-state index contributed by atoms with van der Waals surface area (Å²) in [6.45, 7) is 6.00. The van der Waals surface area contributed by atoms with E-state index in [1.54, 1.807) is 13.8 Å². The molecule has 1 aromatic carbocycles. The van der Waals surface area contributed by atoms with Crippen LogP contribution in [0.2, 0.25) is 0 Å². The van der Waals surface area contributed by atoms with Gasteiger partial charge in [0.1, 0.15) is 0 Å². The molecule has 5 nitrogen and oxygen atoms in total. The van der Waals surface area contributed by atoms with Gasteiger partial charge in [0.25, 0.3) is 0 Å². The van der Waals surface area contributed by atoms with Crippen LogP contribution < -0.4 is 10.6 Å². The first-order valence-corrected chi connectivity index (χ1v) is 6.80. The molecule has 0 aromatic heterocycles. The molecule has 2 N–H and O–H groups in total. The van der Waals surface area contributed by atoms with Gasteiger partial charge in [-0.3, -0.25) is 4.79 Å². The predicted molar refractivity (Wildman–Crippen MR) is 77.2 cm³/mol. The average Bonchev–Trinajstić information content (AvgIpc) is 2.45. The third kappa shape index (κ3) is 5.30. The van der Waals surface area contributed by atoms with Crippen LogP contribution in [-0.2, 0) is 9.53 Å². The van der Waals surface area contributed by atoms with E-state index in [9.17, 15) is 9.59 Å². The molecule has 1 rings (SSSR count). The molecule has 0 aliphatic heterocycles. The van der Waals surface area contributed by atoms with Crippen LogP contribution in [0.4, 0.5) is 4.79 Å². The van der Waals surface area contributed by atoms with Crippen molar-refractivity contribution >= 4 is 12.0 Å². The van der Waals surface area contributed by atoms with Gasteiger partial charge in [-0.05, 0) is 19.4 Å². The molecule has 1 aromatic rings. The van der Waals surface area contributed by atoms with E-state index >= 15 is 0 Å². The standard InChI is InChI=1S/C15H22N2O3/c1-4-20-15(19)16-10-11(2)14(18)17-12(3)13-8-6-5-7-9-13/h5-9,11-12H,4,10H2,1-3H3,(H,16,19)(H,17,18)/t11?,12-/m0/s1. The molecule has 0 fully saturated rings. The van der Waals surface area contributed by atoms with Gasteiger partial charge in [0.2, 0.25) is 5.91 Å². The highest BCUT2D eigenvalue weighted by Gasteiger charge is 2.16. The molecule has 0 aliphatic rings. The molecule has 110 valence electrons.